The lowest BCUT2D eigenvalue weighted by molar-refractivity contribution is -0.888. The fourth-order valence-corrected chi connectivity index (χ4v) is 3.57. The molecule has 0 aromatic carbocycles. The molecule has 0 saturated carbocycles. The molecule has 0 heterocycles. The Morgan fingerprint density at radius 1 is 0.632 bits per heavy atom. The van der Waals surface area contributed by atoms with E-state index in [1.54, 1.807) is 0 Å². The van der Waals surface area contributed by atoms with Gasteiger partial charge in [0, 0.05) is 11.5 Å². The summed E-state index contributed by atoms with van der Waals surface area (Å²) in [7, 11) is 9.49. The second-order valence-electron chi connectivity index (χ2n) is 7.09. The molecule has 0 amide bonds. The summed E-state index contributed by atoms with van der Waals surface area (Å²) in [6, 6.07) is 0. The fraction of sp³-hybridized carbons (Fsp3) is 1.00. The molecule has 0 unspecified atom stereocenters. The molecule has 2 nitrogen and oxygen atoms in total. The van der Waals surface area contributed by atoms with Gasteiger partial charge in [0.2, 0.25) is 0 Å². The van der Waals surface area contributed by atoms with Crippen LogP contribution in [0.2, 0.25) is 0 Å². The first-order chi connectivity index (χ1) is 8.83. The number of quaternary nitrogens is 2. The highest BCUT2D eigenvalue weighted by molar-refractivity contribution is 7.99. The van der Waals surface area contributed by atoms with Crippen molar-refractivity contribution in [1.29, 1.82) is 0 Å². The molecule has 116 valence electrons. The molecule has 0 bridgehead atoms. The van der Waals surface area contributed by atoms with Gasteiger partial charge in [-0.3, -0.25) is 0 Å². The first-order valence-electron chi connectivity index (χ1n) is 8.05. The maximum absolute atomic E-state index is 2.37. The Morgan fingerprint density at radius 3 is 1.32 bits per heavy atom. The van der Waals surface area contributed by atoms with E-state index < -0.39 is 0 Å². The Labute approximate surface area is 126 Å². The molecule has 0 spiro atoms. The molecular weight excluding hydrogens is 252 g/mol. The van der Waals surface area contributed by atoms with E-state index in [0.29, 0.717) is 0 Å². The van der Waals surface area contributed by atoms with Crippen molar-refractivity contribution < 1.29 is 8.97 Å². The van der Waals surface area contributed by atoms with Gasteiger partial charge in [-0.05, 0) is 12.8 Å². The van der Waals surface area contributed by atoms with Crippen LogP contribution in [0.25, 0.3) is 0 Å². The SMILES string of the molecule is CCCC[N+](C)(C)CCSCC[N+](C)(C)CCCC. The molecule has 0 rings (SSSR count). The number of unbranched alkanes of at least 4 members (excludes halogenated alkanes) is 2. The van der Waals surface area contributed by atoms with Gasteiger partial charge in [-0.2, -0.15) is 11.8 Å². The molecule has 0 saturated heterocycles. The van der Waals surface area contributed by atoms with E-state index in [1.165, 1.54) is 72.3 Å². The predicted molar refractivity (Wildman–Crippen MR) is 90.8 cm³/mol. The van der Waals surface area contributed by atoms with Gasteiger partial charge in [0.1, 0.15) is 0 Å². The average Bonchev–Trinajstić information content (AvgIpc) is 2.33. The summed E-state index contributed by atoms with van der Waals surface area (Å²) in [5, 5.41) is 0. The molecule has 19 heavy (non-hydrogen) atoms. The molecule has 0 aliphatic rings. The minimum Gasteiger partial charge on any atom is -0.328 e. The average molecular weight is 291 g/mol. The van der Waals surface area contributed by atoms with Crippen molar-refractivity contribution in [2.24, 2.45) is 0 Å². The highest BCUT2D eigenvalue weighted by Gasteiger charge is 2.16. The minimum atomic E-state index is 1.19. The van der Waals surface area contributed by atoms with Crippen LogP contribution in [-0.4, -0.2) is 74.8 Å². The Bertz CT molecular complexity index is 193. The van der Waals surface area contributed by atoms with Crippen LogP contribution in [-0.2, 0) is 0 Å². The number of hydrogen-bond acceptors (Lipinski definition) is 1. The van der Waals surface area contributed by atoms with Crippen molar-refractivity contribution >= 4 is 11.8 Å². The van der Waals surface area contributed by atoms with E-state index in [0.717, 1.165) is 0 Å². The zero-order valence-electron chi connectivity index (χ0n) is 14.4. The fourth-order valence-electron chi connectivity index (χ4n) is 2.12. The van der Waals surface area contributed by atoms with Crippen LogP contribution in [0.15, 0.2) is 0 Å². The Kier molecular flexibility index (Phi) is 10.2. The first-order valence-corrected chi connectivity index (χ1v) is 9.20. The number of thioether (sulfide) groups is 1. The summed E-state index contributed by atoms with van der Waals surface area (Å²) in [6.45, 7) is 9.85. The van der Waals surface area contributed by atoms with E-state index in [9.17, 15) is 0 Å². The van der Waals surface area contributed by atoms with Crippen molar-refractivity contribution in [1.82, 2.24) is 0 Å². The lowest BCUT2D eigenvalue weighted by Crippen LogP contribution is -2.43. The van der Waals surface area contributed by atoms with Crippen LogP contribution in [0, 0.1) is 0 Å². The second kappa shape index (κ2) is 10.1. The van der Waals surface area contributed by atoms with Crippen LogP contribution < -0.4 is 0 Å². The van der Waals surface area contributed by atoms with Crippen molar-refractivity contribution in [3.63, 3.8) is 0 Å². The summed E-state index contributed by atoms with van der Waals surface area (Å²) in [5.41, 5.74) is 0. The zero-order valence-corrected chi connectivity index (χ0v) is 15.2. The number of hydrogen-bond donors (Lipinski definition) is 0. The highest BCUT2D eigenvalue weighted by Crippen LogP contribution is 2.09. The molecule has 0 aliphatic heterocycles. The predicted octanol–water partition coefficient (Wildman–Crippen LogP) is 3.47. The van der Waals surface area contributed by atoms with Gasteiger partial charge in [0.05, 0.1) is 54.4 Å². The molecule has 0 aromatic rings. The summed E-state index contributed by atoms with van der Waals surface area (Å²) in [4.78, 5) is 0. The van der Waals surface area contributed by atoms with Crippen molar-refractivity contribution in [2.75, 3.05) is 65.9 Å². The van der Waals surface area contributed by atoms with E-state index in [2.05, 4.69) is 53.8 Å². The van der Waals surface area contributed by atoms with Crippen molar-refractivity contribution in [3.05, 3.63) is 0 Å². The van der Waals surface area contributed by atoms with E-state index in [4.69, 9.17) is 0 Å². The van der Waals surface area contributed by atoms with Gasteiger partial charge in [-0.25, -0.2) is 0 Å². The van der Waals surface area contributed by atoms with Crippen molar-refractivity contribution in [3.8, 4) is 0 Å². The molecule has 0 aromatic heterocycles. The molecule has 3 heteroatoms. The van der Waals surface area contributed by atoms with E-state index >= 15 is 0 Å². The Hall–Kier alpha value is 0.270. The summed E-state index contributed by atoms with van der Waals surface area (Å²) in [5.74, 6) is 2.62. The van der Waals surface area contributed by atoms with Crippen LogP contribution in [0.3, 0.4) is 0 Å². The van der Waals surface area contributed by atoms with Gasteiger partial charge >= 0.3 is 0 Å². The lowest BCUT2D eigenvalue weighted by atomic mass is 10.3. The Balaban J connectivity index is 3.63. The van der Waals surface area contributed by atoms with Gasteiger partial charge < -0.3 is 8.97 Å². The van der Waals surface area contributed by atoms with Crippen LogP contribution in [0.5, 0.6) is 0 Å². The molecule has 0 atom stereocenters. The molecule has 0 fully saturated rings. The van der Waals surface area contributed by atoms with Gasteiger partial charge in [-0.1, -0.05) is 26.7 Å². The maximum Gasteiger partial charge on any atom is 0.0874 e. The Morgan fingerprint density at radius 2 is 1.00 bits per heavy atom. The van der Waals surface area contributed by atoms with E-state index in [-0.39, 0.29) is 0 Å². The maximum atomic E-state index is 2.37. The normalized spacial score (nSPS) is 12.9. The van der Waals surface area contributed by atoms with Crippen LogP contribution in [0.1, 0.15) is 39.5 Å². The third-order valence-corrected chi connectivity index (χ3v) is 4.86. The smallest absolute Gasteiger partial charge is 0.0874 e. The molecule has 0 radical (unpaired) electrons. The van der Waals surface area contributed by atoms with Crippen molar-refractivity contribution in [2.45, 2.75) is 39.5 Å². The lowest BCUT2D eigenvalue weighted by Gasteiger charge is -2.31. The zero-order chi connectivity index (χ0) is 14.8. The minimum absolute atomic E-state index is 1.19. The van der Waals surface area contributed by atoms with Gasteiger partial charge in [0.25, 0.3) is 0 Å². The van der Waals surface area contributed by atoms with E-state index in [1.807, 2.05) is 0 Å². The number of nitrogens with zero attached hydrogens (tertiary/aromatic N) is 2. The first kappa shape index (κ1) is 19.3. The standard InChI is InChI=1S/C16H38N2S/c1-7-9-11-17(3,4)13-15-19-16-14-18(5,6)12-10-8-2/h7-16H2,1-6H3/q+2. The highest BCUT2D eigenvalue weighted by atomic mass is 32.2. The molecular formula is C16H38N2S+2. The molecule has 0 aliphatic carbocycles. The monoisotopic (exact) mass is 290 g/mol. The largest absolute Gasteiger partial charge is 0.328 e. The topological polar surface area (TPSA) is 0 Å². The van der Waals surface area contributed by atoms with Gasteiger partial charge in [0.15, 0.2) is 0 Å². The second-order valence-corrected chi connectivity index (χ2v) is 8.31. The van der Waals surface area contributed by atoms with Crippen LogP contribution in [0.4, 0.5) is 0 Å². The quantitative estimate of drug-likeness (QED) is 0.392. The summed E-state index contributed by atoms with van der Waals surface area (Å²) >= 11 is 2.14. The third-order valence-electron chi connectivity index (χ3n) is 3.92. The summed E-state index contributed by atoms with van der Waals surface area (Å²) in [6.07, 6.45) is 5.35. The van der Waals surface area contributed by atoms with Gasteiger partial charge in [-0.15, -0.1) is 0 Å². The number of rotatable bonds is 12. The molecule has 0 N–H and O–H groups in total. The van der Waals surface area contributed by atoms with Crippen LogP contribution >= 0.6 is 11.8 Å². The summed E-state index contributed by atoms with van der Waals surface area (Å²) < 4.78 is 2.38. The third kappa shape index (κ3) is 11.8.